The Bertz CT molecular complexity index is 196. The van der Waals surface area contributed by atoms with Crippen molar-refractivity contribution in [2.45, 2.75) is 12.8 Å². The smallest absolute Gasteiger partial charge is 0.0110 e. The van der Waals surface area contributed by atoms with Gasteiger partial charge in [-0.05, 0) is 32.1 Å². The van der Waals surface area contributed by atoms with Crippen LogP contribution < -0.4 is 0 Å². The summed E-state index contributed by atoms with van der Waals surface area (Å²) in [6.07, 6.45) is 4.99. The lowest BCUT2D eigenvalue weighted by Crippen LogP contribution is -2.47. The predicted molar refractivity (Wildman–Crippen MR) is 71.7 cm³/mol. The van der Waals surface area contributed by atoms with Gasteiger partial charge in [0.05, 0.1) is 0 Å². The van der Waals surface area contributed by atoms with Crippen LogP contribution in [-0.4, -0.2) is 73.2 Å². The quantitative estimate of drug-likeness (QED) is 0.689. The highest BCUT2D eigenvalue weighted by molar-refractivity contribution is 7.96. The minimum Gasteiger partial charge on any atom is -0.304 e. The van der Waals surface area contributed by atoms with E-state index in [1.165, 1.54) is 58.7 Å². The van der Waals surface area contributed by atoms with E-state index in [0.717, 1.165) is 5.92 Å². The van der Waals surface area contributed by atoms with Gasteiger partial charge in [0.2, 0.25) is 0 Å². The summed E-state index contributed by atoms with van der Waals surface area (Å²) < 4.78 is 2.50. The fourth-order valence-corrected chi connectivity index (χ4v) is 3.25. The fourth-order valence-electron chi connectivity index (χ4n) is 2.67. The Labute approximate surface area is 104 Å². The van der Waals surface area contributed by atoms with Crippen LogP contribution >= 0.6 is 11.9 Å². The summed E-state index contributed by atoms with van der Waals surface area (Å²) in [6, 6.07) is 0. The molecule has 16 heavy (non-hydrogen) atoms. The lowest BCUT2D eigenvalue weighted by molar-refractivity contribution is 0.121. The van der Waals surface area contributed by atoms with Gasteiger partial charge in [-0.3, -0.25) is 4.31 Å². The van der Waals surface area contributed by atoms with Crippen LogP contribution in [0.5, 0.6) is 0 Å². The van der Waals surface area contributed by atoms with E-state index in [0.29, 0.717) is 0 Å². The molecule has 0 amide bonds. The van der Waals surface area contributed by atoms with Crippen molar-refractivity contribution in [2.24, 2.45) is 5.92 Å². The minimum absolute atomic E-state index is 0.951. The first-order chi connectivity index (χ1) is 7.78. The molecule has 2 aliphatic rings. The van der Waals surface area contributed by atoms with Crippen molar-refractivity contribution < 1.29 is 0 Å². The number of piperidine rings is 1. The molecule has 0 N–H and O–H groups in total. The Morgan fingerprint density at radius 2 is 1.62 bits per heavy atom. The van der Waals surface area contributed by atoms with Gasteiger partial charge in [-0.25, -0.2) is 0 Å². The third-order valence-electron chi connectivity index (χ3n) is 3.94. The highest BCUT2D eigenvalue weighted by atomic mass is 32.2. The third kappa shape index (κ3) is 3.62. The summed E-state index contributed by atoms with van der Waals surface area (Å²) in [6.45, 7) is 8.99. The molecule has 0 aliphatic carbocycles. The lowest BCUT2D eigenvalue weighted by Gasteiger charge is -2.37. The highest BCUT2D eigenvalue weighted by Crippen LogP contribution is 2.22. The first-order valence-electron chi connectivity index (χ1n) is 6.48. The van der Waals surface area contributed by atoms with Crippen LogP contribution in [0.4, 0.5) is 0 Å². The Morgan fingerprint density at radius 3 is 2.19 bits per heavy atom. The van der Waals surface area contributed by atoms with E-state index in [4.69, 9.17) is 0 Å². The molecule has 94 valence electrons. The zero-order chi connectivity index (χ0) is 11.4. The van der Waals surface area contributed by atoms with E-state index in [2.05, 4.69) is 27.4 Å². The maximum Gasteiger partial charge on any atom is 0.0110 e. The molecular formula is C12H25N3S. The van der Waals surface area contributed by atoms with Crippen LogP contribution in [0.2, 0.25) is 0 Å². The van der Waals surface area contributed by atoms with Crippen molar-refractivity contribution in [3.8, 4) is 0 Å². The number of rotatable bonds is 3. The van der Waals surface area contributed by atoms with Crippen molar-refractivity contribution in [3.63, 3.8) is 0 Å². The molecule has 2 saturated heterocycles. The SMILES string of the molecule is CSN1CCC(CN2CCN(C)CC2)CC1. The molecule has 2 heterocycles. The average molecular weight is 243 g/mol. The zero-order valence-electron chi connectivity index (χ0n) is 10.7. The van der Waals surface area contributed by atoms with Crippen molar-refractivity contribution >= 4 is 11.9 Å². The van der Waals surface area contributed by atoms with Crippen LogP contribution in [0.15, 0.2) is 0 Å². The first-order valence-corrected chi connectivity index (χ1v) is 7.66. The fraction of sp³-hybridized carbons (Fsp3) is 1.00. The van der Waals surface area contributed by atoms with E-state index in [9.17, 15) is 0 Å². The van der Waals surface area contributed by atoms with Crippen LogP contribution in [0.1, 0.15) is 12.8 Å². The van der Waals surface area contributed by atoms with Gasteiger partial charge in [0.1, 0.15) is 0 Å². The third-order valence-corrected chi connectivity index (χ3v) is 4.83. The summed E-state index contributed by atoms with van der Waals surface area (Å²) in [5.74, 6) is 0.951. The Hall–Kier alpha value is 0.230. The summed E-state index contributed by atoms with van der Waals surface area (Å²) in [4.78, 5) is 5.10. The average Bonchev–Trinajstić information content (AvgIpc) is 2.33. The molecule has 0 aromatic heterocycles. The van der Waals surface area contributed by atoms with Gasteiger partial charge in [0, 0.05) is 45.8 Å². The van der Waals surface area contributed by atoms with Crippen molar-refractivity contribution in [1.29, 1.82) is 0 Å². The molecule has 0 aromatic carbocycles. The molecular weight excluding hydrogens is 218 g/mol. The van der Waals surface area contributed by atoms with Crippen molar-refractivity contribution in [3.05, 3.63) is 0 Å². The second kappa shape index (κ2) is 6.24. The van der Waals surface area contributed by atoms with E-state index in [1.807, 2.05) is 11.9 Å². The normalized spacial score (nSPS) is 27.4. The molecule has 0 atom stereocenters. The number of piperazine rings is 1. The van der Waals surface area contributed by atoms with E-state index in [-0.39, 0.29) is 0 Å². The van der Waals surface area contributed by atoms with Gasteiger partial charge >= 0.3 is 0 Å². The van der Waals surface area contributed by atoms with Gasteiger partial charge in [-0.15, -0.1) is 0 Å². The largest absolute Gasteiger partial charge is 0.304 e. The van der Waals surface area contributed by atoms with E-state index >= 15 is 0 Å². The van der Waals surface area contributed by atoms with Crippen LogP contribution in [-0.2, 0) is 0 Å². The van der Waals surface area contributed by atoms with Crippen LogP contribution in [0, 0.1) is 5.92 Å². The Kier molecular flexibility index (Phi) is 4.95. The van der Waals surface area contributed by atoms with E-state index in [1.54, 1.807) is 0 Å². The second-order valence-corrected chi connectivity index (χ2v) is 6.04. The van der Waals surface area contributed by atoms with Crippen molar-refractivity contribution in [2.75, 3.05) is 59.1 Å². The number of hydrogen-bond donors (Lipinski definition) is 0. The van der Waals surface area contributed by atoms with Gasteiger partial charge in [-0.2, -0.15) is 0 Å². The molecule has 0 unspecified atom stereocenters. The van der Waals surface area contributed by atoms with Crippen LogP contribution in [0.3, 0.4) is 0 Å². The number of nitrogens with zero attached hydrogens (tertiary/aromatic N) is 3. The summed E-state index contributed by atoms with van der Waals surface area (Å²) in [5, 5.41) is 0. The number of hydrogen-bond acceptors (Lipinski definition) is 4. The van der Waals surface area contributed by atoms with Crippen LogP contribution in [0.25, 0.3) is 0 Å². The van der Waals surface area contributed by atoms with Crippen molar-refractivity contribution in [1.82, 2.24) is 14.1 Å². The van der Waals surface area contributed by atoms with E-state index < -0.39 is 0 Å². The maximum absolute atomic E-state index is 2.67. The molecule has 3 nitrogen and oxygen atoms in total. The monoisotopic (exact) mass is 243 g/mol. The maximum atomic E-state index is 2.67. The van der Waals surface area contributed by atoms with Gasteiger partial charge in [0.15, 0.2) is 0 Å². The highest BCUT2D eigenvalue weighted by Gasteiger charge is 2.22. The lowest BCUT2D eigenvalue weighted by atomic mass is 9.97. The molecule has 4 heteroatoms. The molecule has 0 saturated carbocycles. The Morgan fingerprint density at radius 1 is 1.00 bits per heavy atom. The molecule has 2 aliphatic heterocycles. The summed E-state index contributed by atoms with van der Waals surface area (Å²) in [5.41, 5.74) is 0. The predicted octanol–water partition coefficient (Wildman–Crippen LogP) is 1.22. The number of likely N-dealkylation sites (N-methyl/N-ethyl adjacent to an activating group) is 1. The Balaban J connectivity index is 1.66. The second-order valence-electron chi connectivity index (χ2n) is 5.16. The molecule has 2 fully saturated rings. The summed E-state index contributed by atoms with van der Waals surface area (Å²) in [7, 11) is 2.23. The van der Waals surface area contributed by atoms with Gasteiger partial charge in [0.25, 0.3) is 0 Å². The van der Waals surface area contributed by atoms with Gasteiger partial charge < -0.3 is 9.80 Å². The molecule has 0 spiro atoms. The molecule has 0 radical (unpaired) electrons. The minimum atomic E-state index is 0.951. The molecule has 0 aromatic rings. The molecule has 0 bridgehead atoms. The summed E-state index contributed by atoms with van der Waals surface area (Å²) >= 11 is 1.91. The van der Waals surface area contributed by atoms with Gasteiger partial charge in [-0.1, -0.05) is 11.9 Å². The standard InChI is InChI=1S/C12H25N3S/c1-13-7-9-14(10-8-13)11-12-3-5-15(16-2)6-4-12/h12H,3-11H2,1-2H3. The topological polar surface area (TPSA) is 9.72 Å². The zero-order valence-corrected chi connectivity index (χ0v) is 11.5. The molecule has 2 rings (SSSR count). The first kappa shape index (κ1) is 12.7.